The molecule has 6 heteroatoms. The molecule has 4 rings (SSSR count). The molecular formula is C20H17N3OS2. The number of rotatable bonds is 4. The van der Waals surface area contributed by atoms with E-state index in [0.717, 1.165) is 16.5 Å². The lowest BCUT2D eigenvalue weighted by Crippen LogP contribution is -2.17. The molecule has 1 N–H and O–H groups in total. The van der Waals surface area contributed by atoms with Crippen LogP contribution in [-0.4, -0.2) is 16.1 Å². The Morgan fingerprint density at radius 2 is 2.15 bits per heavy atom. The first-order chi connectivity index (χ1) is 12.7. The van der Waals surface area contributed by atoms with Crippen LogP contribution in [0.25, 0.3) is 10.9 Å². The van der Waals surface area contributed by atoms with Gasteiger partial charge in [0, 0.05) is 16.5 Å². The number of aliphatic imine (C=N–C) groups is 1. The number of aryl methyl sites for hydroxylation is 1. The summed E-state index contributed by atoms with van der Waals surface area (Å²) in [5, 5.41) is 7.12. The van der Waals surface area contributed by atoms with Gasteiger partial charge in [-0.1, -0.05) is 18.2 Å². The van der Waals surface area contributed by atoms with Crippen LogP contribution in [0.3, 0.4) is 0 Å². The minimum Gasteiger partial charge on any atom is -0.359 e. The molecule has 0 saturated heterocycles. The molecule has 130 valence electrons. The number of allylic oxidation sites excluding steroid dienone is 1. The zero-order valence-corrected chi connectivity index (χ0v) is 15.9. The van der Waals surface area contributed by atoms with Crippen LogP contribution in [0.4, 0.5) is 0 Å². The summed E-state index contributed by atoms with van der Waals surface area (Å²) < 4.78 is 0. The van der Waals surface area contributed by atoms with E-state index in [2.05, 4.69) is 45.8 Å². The van der Waals surface area contributed by atoms with Gasteiger partial charge in [-0.05, 0) is 65.9 Å². The maximum Gasteiger partial charge on any atom is 0.285 e. The lowest BCUT2D eigenvalue weighted by molar-refractivity contribution is -0.113. The number of nitrogens with one attached hydrogen (secondary N) is 1. The topological polar surface area (TPSA) is 54.4 Å². The Kier molecular flexibility index (Phi) is 4.86. The number of carbonyl (C=O) groups excluding carboxylic acids is 1. The highest BCUT2D eigenvalue weighted by atomic mass is 32.2. The summed E-state index contributed by atoms with van der Waals surface area (Å²) >= 11 is 3.12. The lowest BCUT2D eigenvalue weighted by atomic mass is 10.1. The van der Waals surface area contributed by atoms with Crippen LogP contribution in [0, 0.1) is 6.92 Å². The van der Waals surface area contributed by atoms with Gasteiger partial charge >= 0.3 is 0 Å². The summed E-state index contributed by atoms with van der Waals surface area (Å²) in [5.41, 5.74) is 3.40. The summed E-state index contributed by atoms with van der Waals surface area (Å²) in [6.45, 7) is 2.79. The molecule has 4 nitrogen and oxygen atoms in total. The number of pyridine rings is 1. The summed E-state index contributed by atoms with van der Waals surface area (Å²) in [6, 6.07) is 12.3. The second-order valence-corrected chi connectivity index (χ2v) is 8.04. The van der Waals surface area contributed by atoms with Crippen molar-refractivity contribution in [2.24, 2.45) is 4.99 Å². The number of carbonyl (C=O) groups is 1. The van der Waals surface area contributed by atoms with Gasteiger partial charge in [-0.2, -0.15) is 4.99 Å². The number of hydrogen-bond acceptors (Lipinski definition) is 5. The van der Waals surface area contributed by atoms with Crippen LogP contribution in [0.15, 0.2) is 63.9 Å². The van der Waals surface area contributed by atoms with Gasteiger partial charge in [0.2, 0.25) is 0 Å². The van der Waals surface area contributed by atoms with Gasteiger partial charge in [0.15, 0.2) is 5.17 Å². The summed E-state index contributed by atoms with van der Waals surface area (Å²) in [7, 11) is 0. The van der Waals surface area contributed by atoms with Gasteiger partial charge in [-0.3, -0.25) is 9.78 Å². The predicted molar refractivity (Wildman–Crippen MR) is 109 cm³/mol. The first-order valence-electron chi connectivity index (χ1n) is 8.30. The molecule has 0 saturated carbocycles. The van der Waals surface area contributed by atoms with E-state index in [1.54, 1.807) is 17.5 Å². The van der Waals surface area contributed by atoms with E-state index in [-0.39, 0.29) is 5.91 Å². The van der Waals surface area contributed by atoms with Crippen molar-refractivity contribution in [1.82, 2.24) is 10.3 Å². The molecule has 3 aromatic rings. The van der Waals surface area contributed by atoms with E-state index in [4.69, 9.17) is 0 Å². The quantitative estimate of drug-likeness (QED) is 0.681. The number of benzene rings is 1. The van der Waals surface area contributed by atoms with Crippen LogP contribution in [-0.2, 0) is 17.8 Å². The Hall–Kier alpha value is -2.44. The molecule has 2 aromatic heterocycles. The Bertz CT molecular complexity index is 1040. The zero-order valence-electron chi connectivity index (χ0n) is 14.2. The smallest absolute Gasteiger partial charge is 0.285 e. The number of thiophene rings is 1. The predicted octanol–water partition coefficient (Wildman–Crippen LogP) is 4.45. The third-order valence-corrected chi connectivity index (χ3v) is 6.19. The molecule has 1 aliphatic rings. The van der Waals surface area contributed by atoms with Crippen molar-refractivity contribution in [3.8, 4) is 0 Å². The number of hydrogen-bond donors (Lipinski definition) is 1. The highest BCUT2D eigenvalue weighted by molar-refractivity contribution is 8.18. The molecule has 3 heterocycles. The van der Waals surface area contributed by atoms with Gasteiger partial charge < -0.3 is 5.32 Å². The van der Waals surface area contributed by atoms with Crippen molar-refractivity contribution in [2.45, 2.75) is 19.9 Å². The summed E-state index contributed by atoms with van der Waals surface area (Å²) in [4.78, 5) is 22.5. The summed E-state index contributed by atoms with van der Waals surface area (Å²) in [6.07, 6.45) is 4.45. The Balaban J connectivity index is 1.40. The fourth-order valence-electron chi connectivity index (χ4n) is 2.73. The van der Waals surface area contributed by atoms with Crippen molar-refractivity contribution >= 4 is 45.1 Å². The number of thioether (sulfide) groups is 1. The third kappa shape index (κ3) is 3.71. The Labute approximate surface area is 160 Å². The average molecular weight is 380 g/mol. The van der Waals surface area contributed by atoms with Gasteiger partial charge in [-0.25, -0.2) is 0 Å². The number of fused-ring (bicyclic) bond motifs is 1. The van der Waals surface area contributed by atoms with E-state index in [0.29, 0.717) is 23.0 Å². The SMILES string of the molecule is Cc1ccsc1CNC1=NC(=O)/C(=C/Cc2ccc3ncccc3c2)S1. The fourth-order valence-corrected chi connectivity index (χ4v) is 4.35. The largest absolute Gasteiger partial charge is 0.359 e. The van der Waals surface area contributed by atoms with Crippen molar-refractivity contribution < 1.29 is 4.79 Å². The van der Waals surface area contributed by atoms with Crippen LogP contribution in [0.2, 0.25) is 0 Å². The minimum absolute atomic E-state index is 0.164. The van der Waals surface area contributed by atoms with Crippen LogP contribution < -0.4 is 5.32 Å². The summed E-state index contributed by atoms with van der Waals surface area (Å²) in [5.74, 6) is -0.164. The van der Waals surface area contributed by atoms with Crippen molar-refractivity contribution in [1.29, 1.82) is 0 Å². The molecule has 1 amide bonds. The van der Waals surface area contributed by atoms with Crippen LogP contribution in [0.1, 0.15) is 16.0 Å². The third-order valence-electron chi connectivity index (χ3n) is 4.18. The first kappa shape index (κ1) is 17.0. The highest BCUT2D eigenvalue weighted by Crippen LogP contribution is 2.27. The van der Waals surface area contributed by atoms with Crippen LogP contribution >= 0.6 is 23.1 Å². The normalized spacial score (nSPS) is 15.7. The fraction of sp³-hybridized carbons (Fsp3) is 0.150. The molecule has 1 aliphatic heterocycles. The van der Waals surface area contributed by atoms with Crippen molar-refractivity contribution in [2.75, 3.05) is 0 Å². The van der Waals surface area contributed by atoms with E-state index in [1.807, 2.05) is 24.3 Å². The number of amides is 1. The van der Waals surface area contributed by atoms with Crippen LogP contribution in [0.5, 0.6) is 0 Å². The first-order valence-corrected chi connectivity index (χ1v) is 10.0. The molecule has 0 bridgehead atoms. The zero-order chi connectivity index (χ0) is 17.9. The van der Waals surface area contributed by atoms with E-state index in [1.165, 1.54) is 22.2 Å². The monoisotopic (exact) mass is 379 g/mol. The van der Waals surface area contributed by atoms with Gasteiger partial charge in [0.05, 0.1) is 17.0 Å². The molecule has 0 radical (unpaired) electrons. The van der Waals surface area contributed by atoms with E-state index >= 15 is 0 Å². The molecule has 0 aliphatic carbocycles. The second kappa shape index (κ2) is 7.43. The Morgan fingerprint density at radius 3 is 3.00 bits per heavy atom. The second-order valence-electron chi connectivity index (χ2n) is 6.01. The average Bonchev–Trinajstić information content (AvgIpc) is 3.23. The van der Waals surface area contributed by atoms with Gasteiger partial charge in [-0.15, -0.1) is 11.3 Å². The molecule has 0 atom stereocenters. The molecule has 0 fully saturated rings. The molecule has 0 spiro atoms. The molecule has 26 heavy (non-hydrogen) atoms. The maximum absolute atomic E-state index is 12.1. The number of amidine groups is 1. The van der Waals surface area contributed by atoms with Gasteiger partial charge in [0.25, 0.3) is 5.91 Å². The number of aromatic nitrogens is 1. The maximum atomic E-state index is 12.1. The van der Waals surface area contributed by atoms with E-state index < -0.39 is 0 Å². The standard InChI is InChI=1S/C20H17N3OS2/c1-13-8-10-25-18(13)12-22-20-23-19(24)17(26-20)7-5-14-4-6-16-15(11-14)3-2-9-21-16/h2-4,6-11H,5,12H2,1H3,(H,22,23,24)/b17-7-. The lowest BCUT2D eigenvalue weighted by Gasteiger charge is -2.04. The van der Waals surface area contributed by atoms with Crippen molar-refractivity contribution in [3.05, 3.63) is 75.0 Å². The molecule has 1 aromatic carbocycles. The minimum atomic E-state index is -0.164. The Morgan fingerprint density at radius 1 is 1.23 bits per heavy atom. The molecular weight excluding hydrogens is 362 g/mol. The molecule has 0 unspecified atom stereocenters. The van der Waals surface area contributed by atoms with Crippen molar-refractivity contribution in [3.63, 3.8) is 0 Å². The van der Waals surface area contributed by atoms with E-state index in [9.17, 15) is 4.79 Å². The highest BCUT2D eigenvalue weighted by Gasteiger charge is 2.21. The number of nitrogens with zero attached hydrogens (tertiary/aromatic N) is 2. The van der Waals surface area contributed by atoms with Gasteiger partial charge in [0.1, 0.15) is 0 Å².